The second kappa shape index (κ2) is 9.44. The summed E-state index contributed by atoms with van der Waals surface area (Å²) in [5, 5.41) is 6.02. The molecule has 0 spiro atoms. The van der Waals surface area contributed by atoms with Crippen LogP contribution in [-0.2, 0) is 4.79 Å². The van der Waals surface area contributed by atoms with Crippen molar-refractivity contribution >= 4 is 45.3 Å². The van der Waals surface area contributed by atoms with E-state index < -0.39 is 11.9 Å². The number of nitrogens with one attached hydrogen (secondary N) is 2. The van der Waals surface area contributed by atoms with Crippen LogP contribution in [0.2, 0.25) is 0 Å². The number of carbonyl (C=O) groups excluding carboxylic acids is 2. The number of imide groups is 1. The lowest BCUT2D eigenvalue weighted by Crippen LogP contribution is -2.41. The maximum absolute atomic E-state index is 13.6. The van der Waals surface area contributed by atoms with Gasteiger partial charge in [0, 0.05) is 10.9 Å². The Morgan fingerprint density at radius 2 is 1.85 bits per heavy atom. The molecule has 0 bridgehead atoms. The highest BCUT2D eigenvalue weighted by atomic mass is 32.2. The van der Waals surface area contributed by atoms with Gasteiger partial charge >= 0.3 is 6.03 Å². The predicted octanol–water partition coefficient (Wildman–Crippen LogP) is 4.50. The molecule has 7 nitrogen and oxygen atoms in total. The van der Waals surface area contributed by atoms with Gasteiger partial charge in [0.25, 0.3) is 5.56 Å². The van der Waals surface area contributed by atoms with Crippen LogP contribution in [-0.4, -0.2) is 33.3 Å². The highest BCUT2D eigenvalue weighted by Gasteiger charge is 2.24. The maximum Gasteiger partial charge on any atom is 0.321 e. The number of benzene rings is 2. The van der Waals surface area contributed by atoms with Crippen molar-refractivity contribution in [2.45, 2.75) is 31.0 Å². The molecule has 2 N–H and O–H groups in total. The SMILES string of the molecule is Cc1ccccc1-n1c(SCC(=O)NC(=O)NC2CC2)nc2sc(-c3ccccc3)cc2c1=O. The molecule has 0 aliphatic heterocycles. The molecule has 3 amide bonds. The molecule has 5 rings (SSSR count). The third kappa shape index (κ3) is 4.76. The van der Waals surface area contributed by atoms with Gasteiger partial charge in [-0.25, -0.2) is 9.78 Å². The molecule has 9 heteroatoms. The van der Waals surface area contributed by atoms with Gasteiger partial charge in [0.15, 0.2) is 5.16 Å². The van der Waals surface area contributed by atoms with Crippen molar-refractivity contribution in [1.29, 1.82) is 0 Å². The second-order valence-corrected chi connectivity index (χ2v) is 10.1. The van der Waals surface area contributed by atoms with Crippen LogP contribution in [0.4, 0.5) is 4.79 Å². The minimum absolute atomic E-state index is 0.0428. The molecule has 0 radical (unpaired) electrons. The number of hydrogen-bond donors (Lipinski definition) is 2. The summed E-state index contributed by atoms with van der Waals surface area (Å²) < 4.78 is 1.56. The van der Waals surface area contributed by atoms with Gasteiger partial charge in [-0.05, 0) is 43.0 Å². The van der Waals surface area contributed by atoms with Crippen LogP contribution in [0.3, 0.4) is 0 Å². The Balaban J connectivity index is 1.51. The van der Waals surface area contributed by atoms with Crippen molar-refractivity contribution < 1.29 is 9.59 Å². The van der Waals surface area contributed by atoms with Gasteiger partial charge in [-0.2, -0.15) is 0 Å². The Hall–Kier alpha value is -3.43. The van der Waals surface area contributed by atoms with Crippen LogP contribution < -0.4 is 16.2 Å². The number of para-hydroxylation sites is 1. The van der Waals surface area contributed by atoms with E-state index in [1.807, 2.05) is 67.6 Å². The first-order valence-corrected chi connectivity index (χ1v) is 12.7. The van der Waals surface area contributed by atoms with Crippen LogP contribution in [0, 0.1) is 6.92 Å². The van der Waals surface area contributed by atoms with E-state index in [2.05, 4.69) is 10.6 Å². The van der Waals surface area contributed by atoms with Crippen LogP contribution in [0.5, 0.6) is 0 Å². The molecule has 0 unspecified atom stereocenters. The van der Waals surface area contributed by atoms with Gasteiger partial charge in [0.05, 0.1) is 16.8 Å². The number of amides is 3. The van der Waals surface area contributed by atoms with E-state index in [9.17, 15) is 14.4 Å². The third-order valence-corrected chi connectivity index (χ3v) is 7.46. The van der Waals surface area contributed by atoms with Gasteiger partial charge in [-0.3, -0.25) is 19.5 Å². The monoisotopic (exact) mass is 490 g/mol. The van der Waals surface area contributed by atoms with E-state index in [-0.39, 0.29) is 17.4 Å². The quantitative estimate of drug-likeness (QED) is 0.307. The molecule has 0 atom stereocenters. The summed E-state index contributed by atoms with van der Waals surface area (Å²) in [4.78, 5) is 44.3. The van der Waals surface area contributed by atoms with Gasteiger partial charge in [0.1, 0.15) is 4.83 Å². The molecule has 1 fully saturated rings. The average molecular weight is 491 g/mol. The zero-order valence-electron chi connectivity index (χ0n) is 18.4. The summed E-state index contributed by atoms with van der Waals surface area (Å²) in [6.45, 7) is 1.93. The molecular formula is C25H22N4O3S2. The predicted molar refractivity (Wildman–Crippen MR) is 136 cm³/mol. The number of thiophene rings is 1. The zero-order chi connectivity index (χ0) is 23.7. The Morgan fingerprint density at radius 3 is 2.59 bits per heavy atom. The molecule has 34 heavy (non-hydrogen) atoms. The summed E-state index contributed by atoms with van der Waals surface area (Å²) in [6, 6.07) is 19.0. The van der Waals surface area contributed by atoms with Crippen LogP contribution in [0.1, 0.15) is 18.4 Å². The molecule has 4 aromatic rings. The normalized spacial score (nSPS) is 13.1. The fourth-order valence-corrected chi connectivity index (χ4v) is 5.46. The van der Waals surface area contributed by atoms with E-state index >= 15 is 0 Å². The number of aromatic nitrogens is 2. The summed E-state index contributed by atoms with van der Waals surface area (Å²) in [5.74, 6) is -0.483. The summed E-state index contributed by atoms with van der Waals surface area (Å²) >= 11 is 2.58. The van der Waals surface area contributed by atoms with Gasteiger partial charge in [-0.1, -0.05) is 60.3 Å². The van der Waals surface area contributed by atoms with Crippen molar-refractivity contribution in [3.8, 4) is 16.1 Å². The van der Waals surface area contributed by atoms with Crippen LogP contribution >= 0.6 is 23.1 Å². The first kappa shape index (κ1) is 22.4. The molecule has 1 aliphatic carbocycles. The largest absolute Gasteiger partial charge is 0.335 e. The topological polar surface area (TPSA) is 93.1 Å². The molecular weight excluding hydrogens is 468 g/mol. The minimum Gasteiger partial charge on any atom is -0.335 e. The summed E-state index contributed by atoms with van der Waals surface area (Å²) in [6.07, 6.45) is 1.88. The first-order chi connectivity index (χ1) is 16.5. The highest BCUT2D eigenvalue weighted by Crippen LogP contribution is 2.33. The van der Waals surface area contributed by atoms with Crippen molar-refractivity contribution in [3.05, 3.63) is 76.6 Å². The number of nitrogens with zero attached hydrogens (tertiary/aromatic N) is 2. The van der Waals surface area contributed by atoms with Gasteiger partial charge < -0.3 is 5.32 Å². The molecule has 172 valence electrons. The lowest BCUT2D eigenvalue weighted by Gasteiger charge is -2.14. The van der Waals surface area contributed by atoms with Crippen LogP contribution in [0.25, 0.3) is 26.3 Å². The number of aryl methyl sites for hydroxylation is 1. The lowest BCUT2D eigenvalue weighted by molar-refractivity contribution is -0.117. The fraction of sp³-hybridized carbons (Fsp3) is 0.200. The first-order valence-electron chi connectivity index (χ1n) is 10.9. The van der Waals surface area contributed by atoms with Crippen molar-refractivity contribution in [2.24, 2.45) is 0 Å². The standard InChI is InChI=1S/C25H22N4O3S2/c1-15-7-5-6-10-19(15)29-23(31)18-13-20(16-8-3-2-4-9-16)34-22(18)28-25(29)33-14-21(30)27-24(32)26-17-11-12-17/h2-10,13,17H,11-12,14H2,1H3,(H2,26,27,30,32). The number of hydrogen-bond acceptors (Lipinski definition) is 6. The Morgan fingerprint density at radius 1 is 1.12 bits per heavy atom. The number of carbonyl (C=O) groups is 2. The van der Waals surface area contributed by atoms with E-state index in [1.54, 1.807) is 4.57 Å². The number of urea groups is 1. The van der Waals surface area contributed by atoms with Crippen molar-refractivity contribution in [3.63, 3.8) is 0 Å². The van der Waals surface area contributed by atoms with Crippen LogP contribution in [0.15, 0.2) is 70.6 Å². The molecule has 0 saturated heterocycles. The second-order valence-electron chi connectivity index (χ2n) is 8.10. The average Bonchev–Trinajstić information content (AvgIpc) is 3.53. The molecule has 1 saturated carbocycles. The Bertz CT molecular complexity index is 1440. The van der Waals surface area contributed by atoms with Crippen molar-refractivity contribution in [2.75, 3.05) is 5.75 Å². The zero-order valence-corrected chi connectivity index (χ0v) is 20.0. The molecule has 2 aromatic heterocycles. The Labute approximate surface area is 204 Å². The van der Waals surface area contributed by atoms with E-state index in [4.69, 9.17) is 4.98 Å². The van der Waals surface area contributed by atoms with E-state index in [0.29, 0.717) is 21.1 Å². The number of rotatable bonds is 6. The van der Waals surface area contributed by atoms with Gasteiger partial charge in [0.2, 0.25) is 5.91 Å². The summed E-state index contributed by atoms with van der Waals surface area (Å²) in [5.41, 5.74) is 2.46. The number of fused-ring (bicyclic) bond motifs is 1. The smallest absolute Gasteiger partial charge is 0.321 e. The summed E-state index contributed by atoms with van der Waals surface area (Å²) in [7, 11) is 0. The van der Waals surface area contributed by atoms with E-state index in [1.165, 1.54) is 11.3 Å². The number of thioether (sulfide) groups is 1. The molecule has 1 aliphatic rings. The maximum atomic E-state index is 13.6. The van der Waals surface area contributed by atoms with Gasteiger partial charge in [-0.15, -0.1) is 11.3 Å². The lowest BCUT2D eigenvalue weighted by atomic mass is 10.2. The Kier molecular flexibility index (Phi) is 6.21. The third-order valence-electron chi connectivity index (χ3n) is 5.45. The fourth-order valence-electron chi connectivity index (χ4n) is 3.57. The highest BCUT2D eigenvalue weighted by molar-refractivity contribution is 7.99. The molecule has 2 aromatic carbocycles. The van der Waals surface area contributed by atoms with Crippen molar-refractivity contribution in [1.82, 2.24) is 20.2 Å². The van der Waals surface area contributed by atoms with E-state index in [0.717, 1.165) is 40.6 Å². The molecule has 2 heterocycles. The minimum atomic E-state index is -0.487.